The second-order valence-corrected chi connectivity index (χ2v) is 4.02. The van der Waals surface area contributed by atoms with E-state index in [1.165, 1.54) is 12.1 Å². The first kappa shape index (κ1) is 10.7. The molecule has 1 aromatic heterocycles. The molecule has 1 rings (SSSR count). The van der Waals surface area contributed by atoms with Gasteiger partial charge in [-0.15, -0.1) is 11.3 Å². The summed E-state index contributed by atoms with van der Waals surface area (Å²) in [6, 6.07) is 2.98. The van der Waals surface area contributed by atoms with Gasteiger partial charge in [0.25, 0.3) is 0 Å². The van der Waals surface area contributed by atoms with Crippen LogP contribution in [0.5, 0.6) is 0 Å². The molecule has 0 aliphatic carbocycles. The maximum Gasteiger partial charge on any atom is 0.371 e. The number of hydrogen-bond donors (Lipinski definition) is 2. The van der Waals surface area contributed by atoms with Gasteiger partial charge in [0.15, 0.2) is 5.78 Å². The van der Waals surface area contributed by atoms with Gasteiger partial charge in [-0.1, -0.05) is 11.6 Å². The van der Waals surface area contributed by atoms with E-state index >= 15 is 0 Å². The number of carboxylic acids is 1. The van der Waals surface area contributed by atoms with Gasteiger partial charge in [0.2, 0.25) is 5.76 Å². The van der Waals surface area contributed by atoms with E-state index in [2.05, 4.69) is 0 Å². The molecular formula is C8H5ClO4S. The second-order valence-electron chi connectivity index (χ2n) is 2.30. The lowest BCUT2D eigenvalue weighted by Gasteiger charge is -1.90. The van der Waals surface area contributed by atoms with Crippen LogP contribution in [0.15, 0.2) is 24.0 Å². The summed E-state index contributed by atoms with van der Waals surface area (Å²) in [7, 11) is 0. The highest BCUT2D eigenvalue weighted by atomic mass is 35.5. The number of hydrogen-bond acceptors (Lipinski definition) is 4. The molecule has 6 heteroatoms. The fourth-order valence-electron chi connectivity index (χ4n) is 0.704. The van der Waals surface area contributed by atoms with E-state index in [1.807, 2.05) is 0 Å². The minimum atomic E-state index is -1.54. The Balaban J connectivity index is 2.87. The minimum Gasteiger partial charge on any atom is -0.502 e. The van der Waals surface area contributed by atoms with E-state index in [-0.39, 0.29) is 4.88 Å². The highest BCUT2D eigenvalue weighted by Crippen LogP contribution is 2.22. The standard InChI is InChI=1S/C8H5ClO4S/c9-7-2-1-6(14-7)4(10)3-5(11)8(12)13/h1-3,11H,(H,12,13)/b5-3-. The number of aliphatic carboxylic acids is 1. The van der Waals surface area contributed by atoms with Crippen LogP contribution < -0.4 is 0 Å². The molecule has 0 saturated heterocycles. The third-order valence-electron chi connectivity index (χ3n) is 1.30. The Morgan fingerprint density at radius 2 is 2.00 bits per heavy atom. The van der Waals surface area contributed by atoms with Gasteiger partial charge in [-0.2, -0.15) is 0 Å². The third kappa shape index (κ3) is 2.58. The number of thiophene rings is 1. The Morgan fingerprint density at radius 3 is 2.43 bits per heavy atom. The molecule has 4 nitrogen and oxygen atoms in total. The van der Waals surface area contributed by atoms with Crippen LogP contribution in [0.2, 0.25) is 4.34 Å². The minimum absolute atomic E-state index is 0.280. The van der Waals surface area contributed by atoms with E-state index in [4.69, 9.17) is 21.8 Å². The molecule has 2 N–H and O–H groups in total. The highest BCUT2D eigenvalue weighted by molar-refractivity contribution is 7.18. The van der Waals surface area contributed by atoms with Crippen molar-refractivity contribution in [2.24, 2.45) is 0 Å². The Kier molecular flexibility index (Phi) is 3.27. The molecule has 0 saturated carbocycles. The third-order valence-corrected chi connectivity index (χ3v) is 2.55. The number of carbonyl (C=O) groups is 2. The Labute approximate surface area is 88.1 Å². The van der Waals surface area contributed by atoms with Gasteiger partial charge in [-0.05, 0) is 12.1 Å². The van der Waals surface area contributed by atoms with Crippen LogP contribution in [0.4, 0.5) is 0 Å². The van der Waals surface area contributed by atoms with Crippen molar-refractivity contribution < 1.29 is 19.8 Å². The summed E-state index contributed by atoms with van der Waals surface area (Å²) in [6.45, 7) is 0. The smallest absolute Gasteiger partial charge is 0.371 e. The zero-order valence-corrected chi connectivity index (χ0v) is 8.30. The molecule has 0 unspecified atom stereocenters. The van der Waals surface area contributed by atoms with Crippen molar-refractivity contribution in [3.05, 3.63) is 33.2 Å². The van der Waals surface area contributed by atoms with Crippen molar-refractivity contribution in [2.45, 2.75) is 0 Å². The van der Waals surface area contributed by atoms with Gasteiger partial charge in [-0.3, -0.25) is 4.79 Å². The summed E-state index contributed by atoms with van der Waals surface area (Å²) in [5, 5.41) is 17.1. The predicted molar refractivity (Wildman–Crippen MR) is 52.0 cm³/mol. The molecule has 0 atom stereocenters. The first-order chi connectivity index (χ1) is 6.50. The van der Waals surface area contributed by atoms with Crippen molar-refractivity contribution in [2.75, 3.05) is 0 Å². The topological polar surface area (TPSA) is 74.6 Å². The van der Waals surface area contributed by atoms with Crippen LogP contribution in [0.1, 0.15) is 9.67 Å². The molecule has 0 radical (unpaired) electrons. The Hall–Kier alpha value is -1.33. The molecule has 0 aliphatic rings. The van der Waals surface area contributed by atoms with Crippen LogP contribution in [0, 0.1) is 0 Å². The normalized spacial score (nSPS) is 11.4. The molecular weight excluding hydrogens is 228 g/mol. The monoisotopic (exact) mass is 232 g/mol. The number of halogens is 1. The van der Waals surface area contributed by atoms with E-state index in [0.29, 0.717) is 10.4 Å². The second kappa shape index (κ2) is 4.26. The predicted octanol–water partition coefficient (Wildman–Crippen LogP) is 2.11. The summed E-state index contributed by atoms with van der Waals surface area (Å²) in [6.07, 6.45) is 0.643. The van der Waals surface area contributed by atoms with E-state index < -0.39 is 17.5 Å². The lowest BCUT2D eigenvalue weighted by molar-refractivity contribution is -0.135. The summed E-state index contributed by atoms with van der Waals surface area (Å²) < 4.78 is 0.427. The highest BCUT2D eigenvalue weighted by Gasteiger charge is 2.10. The number of carboxylic acid groups (broad SMARTS) is 1. The molecule has 74 valence electrons. The van der Waals surface area contributed by atoms with Crippen LogP contribution in [-0.2, 0) is 4.79 Å². The summed E-state index contributed by atoms with van der Waals surface area (Å²) in [5.41, 5.74) is 0. The van der Waals surface area contributed by atoms with Crippen molar-refractivity contribution in [3.8, 4) is 0 Å². The van der Waals surface area contributed by atoms with E-state index in [9.17, 15) is 9.59 Å². The van der Waals surface area contributed by atoms with Crippen LogP contribution >= 0.6 is 22.9 Å². The van der Waals surface area contributed by atoms with Crippen LogP contribution in [0.25, 0.3) is 0 Å². The largest absolute Gasteiger partial charge is 0.502 e. The first-order valence-corrected chi connectivity index (χ1v) is 4.64. The zero-order chi connectivity index (χ0) is 10.7. The van der Waals surface area contributed by atoms with E-state index in [1.54, 1.807) is 0 Å². The average molecular weight is 233 g/mol. The lowest BCUT2D eigenvalue weighted by Crippen LogP contribution is -2.02. The Morgan fingerprint density at radius 1 is 1.36 bits per heavy atom. The van der Waals surface area contributed by atoms with Crippen LogP contribution in [-0.4, -0.2) is 22.0 Å². The summed E-state index contributed by atoms with van der Waals surface area (Å²) in [5.74, 6) is -3.11. The lowest BCUT2D eigenvalue weighted by atomic mass is 10.3. The van der Waals surface area contributed by atoms with Crippen molar-refractivity contribution >= 4 is 34.7 Å². The van der Waals surface area contributed by atoms with Gasteiger partial charge in [-0.25, -0.2) is 4.79 Å². The molecule has 0 bridgehead atoms. The summed E-state index contributed by atoms with van der Waals surface area (Å²) >= 11 is 6.59. The fraction of sp³-hybridized carbons (Fsp3) is 0. The van der Waals surface area contributed by atoms with Gasteiger partial charge in [0.05, 0.1) is 9.21 Å². The number of carbonyl (C=O) groups excluding carboxylic acids is 1. The first-order valence-electron chi connectivity index (χ1n) is 3.44. The fourth-order valence-corrected chi connectivity index (χ4v) is 1.66. The molecule has 0 fully saturated rings. The summed E-state index contributed by atoms with van der Waals surface area (Å²) in [4.78, 5) is 21.7. The molecule has 0 aromatic carbocycles. The Bertz CT molecular complexity index is 407. The molecule has 0 amide bonds. The van der Waals surface area contributed by atoms with Gasteiger partial charge < -0.3 is 10.2 Å². The number of allylic oxidation sites excluding steroid dienone is 1. The molecule has 1 aromatic rings. The molecule has 1 heterocycles. The van der Waals surface area contributed by atoms with E-state index in [0.717, 1.165) is 11.3 Å². The van der Waals surface area contributed by atoms with Crippen molar-refractivity contribution in [1.82, 2.24) is 0 Å². The van der Waals surface area contributed by atoms with Gasteiger partial charge in [0.1, 0.15) is 0 Å². The van der Waals surface area contributed by atoms with Crippen molar-refractivity contribution in [1.29, 1.82) is 0 Å². The maximum atomic E-state index is 11.2. The van der Waals surface area contributed by atoms with Crippen LogP contribution in [0.3, 0.4) is 0 Å². The quantitative estimate of drug-likeness (QED) is 0.476. The zero-order valence-electron chi connectivity index (χ0n) is 6.73. The van der Waals surface area contributed by atoms with Gasteiger partial charge >= 0.3 is 5.97 Å². The number of aliphatic hydroxyl groups excluding tert-OH is 1. The maximum absolute atomic E-state index is 11.2. The molecule has 0 spiro atoms. The van der Waals surface area contributed by atoms with Gasteiger partial charge in [0, 0.05) is 6.08 Å². The SMILES string of the molecule is O=C(O)/C(O)=C/C(=O)c1ccc(Cl)s1. The molecule has 0 aliphatic heterocycles. The number of ketones is 1. The van der Waals surface area contributed by atoms with Crippen molar-refractivity contribution in [3.63, 3.8) is 0 Å². The molecule has 14 heavy (non-hydrogen) atoms. The number of aliphatic hydroxyl groups is 1. The number of rotatable bonds is 3. The average Bonchev–Trinajstić information content (AvgIpc) is 2.51.